The van der Waals surface area contributed by atoms with E-state index >= 15 is 0 Å². The van der Waals surface area contributed by atoms with Gasteiger partial charge in [-0.05, 0) is 5.21 Å². The van der Waals surface area contributed by atoms with Gasteiger partial charge in [0, 0.05) is 31.7 Å². The number of hydrogen-bond donors (Lipinski definition) is 1. The summed E-state index contributed by atoms with van der Waals surface area (Å²) < 4.78 is 5.29. The van der Waals surface area contributed by atoms with Crippen LogP contribution in [0.1, 0.15) is 0 Å². The van der Waals surface area contributed by atoms with Crippen LogP contribution in [0, 0.1) is 0 Å². The molecular formula is C15H20N6O2. The monoisotopic (exact) mass is 316 g/mol. The van der Waals surface area contributed by atoms with Crippen molar-refractivity contribution in [3.63, 3.8) is 0 Å². The molecule has 0 radical (unpaired) electrons. The van der Waals surface area contributed by atoms with Crippen LogP contribution in [-0.4, -0.2) is 70.4 Å². The van der Waals surface area contributed by atoms with Crippen molar-refractivity contribution in [2.75, 3.05) is 39.4 Å². The lowest BCUT2D eigenvalue weighted by Crippen LogP contribution is -2.42. The van der Waals surface area contributed by atoms with E-state index in [1.165, 1.54) is 4.80 Å². The molecule has 1 fully saturated rings. The normalized spacial score (nSPS) is 15.5. The molecule has 1 saturated heterocycles. The minimum atomic E-state index is -0.115. The van der Waals surface area contributed by atoms with E-state index in [0.29, 0.717) is 12.4 Å². The lowest BCUT2D eigenvalue weighted by molar-refractivity contribution is -0.122. The topological polar surface area (TPSA) is 85.2 Å². The second-order valence-electron chi connectivity index (χ2n) is 5.31. The molecule has 1 aromatic carbocycles. The molecule has 0 bridgehead atoms. The first-order valence-corrected chi connectivity index (χ1v) is 7.71. The Morgan fingerprint density at radius 2 is 2.00 bits per heavy atom. The number of morpholine rings is 1. The molecule has 1 N–H and O–H groups in total. The number of nitrogens with one attached hydrogen (secondary N) is 1. The highest BCUT2D eigenvalue weighted by molar-refractivity contribution is 5.75. The fourth-order valence-electron chi connectivity index (χ4n) is 2.38. The molecule has 1 amide bonds. The molecule has 1 aromatic heterocycles. The summed E-state index contributed by atoms with van der Waals surface area (Å²) in [5, 5.41) is 15.0. The molecular weight excluding hydrogens is 296 g/mol. The van der Waals surface area contributed by atoms with Crippen molar-refractivity contribution < 1.29 is 9.53 Å². The number of hydrogen-bond acceptors (Lipinski definition) is 6. The highest BCUT2D eigenvalue weighted by Crippen LogP contribution is 2.11. The summed E-state index contributed by atoms with van der Waals surface area (Å²) in [6.45, 7) is 4.87. The van der Waals surface area contributed by atoms with Crippen LogP contribution in [0.5, 0.6) is 0 Å². The van der Waals surface area contributed by atoms with Gasteiger partial charge < -0.3 is 10.1 Å². The molecule has 8 nitrogen and oxygen atoms in total. The zero-order valence-electron chi connectivity index (χ0n) is 12.9. The first-order valence-electron chi connectivity index (χ1n) is 7.71. The maximum absolute atomic E-state index is 11.9. The van der Waals surface area contributed by atoms with Gasteiger partial charge in [-0.15, -0.1) is 10.2 Å². The van der Waals surface area contributed by atoms with E-state index in [-0.39, 0.29) is 12.5 Å². The van der Waals surface area contributed by atoms with E-state index in [0.717, 1.165) is 38.4 Å². The van der Waals surface area contributed by atoms with E-state index in [1.54, 1.807) is 0 Å². The molecule has 2 heterocycles. The number of amides is 1. The van der Waals surface area contributed by atoms with Crippen LogP contribution in [0.2, 0.25) is 0 Å². The molecule has 3 rings (SSSR count). The summed E-state index contributed by atoms with van der Waals surface area (Å²) in [6.07, 6.45) is 0. The van der Waals surface area contributed by atoms with Gasteiger partial charge in [-0.25, -0.2) is 0 Å². The van der Waals surface area contributed by atoms with Crippen LogP contribution in [0.4, 0.5) is 0 Å². The van der Waals surface area contributed by atoms with Crippen molar-refractivity contribution in [2.24, 2.45) is 0 Å². The van der Waals surface area contributed by atoms with Gasteiger partial charge >= 0.3 is 0 Å². The van der Waals surface area contributed by atoms with E-state index in [4.69, 9.17) is 4.74 Å². The zero-order chi connectivity index (χ0) is 15.9. The van der Waals surface area contributed by atoms with Crippen molar-refractivity contribution >= 4 is 5.91 Å². The molecule has 1 aliphatic heterocycles. The van der Waals surface area contributed by atoms with Crippen molar-refractivity contribution in [2.45, 2.75) is 6.54 Å². The second kappa shape index (κ2) is 7.80. The van der Waals surface area contributed by atoms with Crippen LogP contribution < -0.4 is 5.32 Å². The maximum atomic E-state index is 11.9. The van der Waals surface area contributed by atoms with Crippen molar-refractivity contribution in [3.05, 3.63) is 30.3 Å². The molecule has 122 valence electrons. The van der Waals surface area contributed by atoms with Gasteiger partial charge in [-0.2, -0.15) is 4.80 Å². The van der Waals surface area contributed by atoms with Crippen LogP contribution in [0.25, 0.3) is 11.4 Å². The van der Waals surface area contributed by atoms with Gasteiger partial charge in [0.15, 0.2) is 0 Å². The van der Waals surface area contributed by atoms with Gasteiger partial charge in [-0.1, -0.05) is 30.3 Å². The van der Waals surface area contributed by atoms with Crippen molar-refractivity contribution in [3.8, 4) is 11.4 Å². The van der Waals surface area contributed by atoms with Crippen LogP contribution in [0.15, 0.2) is 30.3 Å². The first-order chi connectivity index (χ1) is 11.3. The Kier molecular flexibility index (Phi) is 5.28. The molecule has 23 heavy (non-hydrogen) atoms. The molecule has 0 spiro atoms. The predicted molar refractivity (Wildman–Crippen MR) is 83.5 cm³/mol. The smallest absolute Gasteiger partial charge is 0.243 e. The summed E-state index contributed by atoms with van der Waals surface area (Å²) >= 11 is 0. The third-order valence-electron chi connectivity index (χ3n) is 3.62. The average Bonchev–Trinajstić information content (AvgIpc) is 3.05. The second-order valence-corrected chi connectivity index (χ2v) is 5.31. The standard InChI is InChI=1S/C15H20N6O2/c22-14(16-6-7-20-8-10-23-11-9-20)12-21-18-15(17-19-21)13-4-2-1-3-5-13/h1-5H,6-12H2,(H,16,22). The molecule has 0 atom stereocenters. The summed E-state index contributed by atoms with van der Waals surface area (Å²) in [6, 6.07) is 9.56. The molecule has 1 aliphatic rings. The number of aromatic nitrogens is 4. The van der Waals surface area contributed by atoms with E-state index in [9.17, 15) is 4.79 Å². The summed E-state index contributed by atoms with van der Waals surface area (Å²) in [5.74, 6) is 0.405. The summed E-state index contributed by atoms with van der Waals surface area (Å²) in [5.41, 5.74) is 0.881. The quantitative estimate of drug-likeness (QED) is 0.794. The Morgan fingerprint density at radius 3 is 2.78 bits per heavy atom. The molecule has 0 saturated carbocycles. The maximum Gasteiger partial charge on any atom is 0.243 e. The van der Waals surface area contributed by atoms with Gasteiger partial charge in [0.1, 0.15) is 6.54 Å². The fraction of sp³-hybridized carbons (Fsp3) is 0.467. The number of carbonyl (C=O) groups excluding carboxylic acids is 1. The number of tetrazole rings is 1. The fourth-order valence-corrected chi connectivity index (χ4v) is 2.38. The van der Waals surface area contributed by atoms with E-state index in [1.807, 2.05) is 30.3 Å². The Balaban J connectivity index is 1.44. The number of benzene rings is 1. The number of carbonyl (C=O) groups is 1. The SMILES string of the molecule is O=C(Cn1nnc(-c2ccccc2)n1)NCCN1CCOCC1. The lowest BCUT2D eigenvalue weighted by Gasteiger charge is -2.26. The Bertz CT molecular complexity index is 624. The minimum absolute atomic E-state index is 0.0724. The average molecular weight is 316 g/mol. The minimum Gasteiger partial charge on any atom is -0.379 e. The van der Waals surface area contributed by atoms with Crippen LogP contribution in [-0.2, 0) is 16.1 Å². The Labute approximate surface area is 134 Å². The number of rotatable bonds is 6. The van der Waals surface area contributed by atoms with Gasteiger partial charge in [0.25, 0.3) is 0 Å². The van der Waals surface area contributed by atoms with Crippen LogP contribution >= 0.6 is 0 Å². The molecule has 2 aromatic rings. The molecule has 0 aliphatic carbocycles. The third kappa shape index (κ3) is 4.57. The summed E-state index contributed by atoms with van der Waals surface area (Å²) in [7, 11) is 0. The number of ether oxygens (including phenoxy) is 1. The first kappa shape index (κ1) is 15.6. The molecule has 0 unspecified atom stereocenters. The summed E-state index contributed by atoms with van der Waals surface area (Å²) in [4.78, 5) is 15.5. The van der Waals surface area contributed by atoms with E-state index in [2.05, 4.69) is 25.6 Å². The van der Waals surface area contributed by atoms with Gasteiger partial charge in [0.05, 0.1) is 13.2 Å². The van der Waals surface area contributed by atoms with E-state index < -0.39 is 0 Å². The van der Waals surface area contributed by atoms with Crippen LogP contribution in [0.3, 0.4) is 0 Å². The largest absolute Gasteiger partial charge is 0.379 e. The highest BCUT2D eigenvalue weighted by Gasteiger charge is 2.11. The lowest BCUT2D eigenvalue weighted by atomic mass is 10.2. The zero-order valence-corrected chi connectivity index (χ0v) is 12.9. The highest BCUT2D eigenvalue weighted by atomic mass is 16.5. The van der Waals surface area contributed by atoms with Gasteiger partial charge in [0.2, 0.25) is 11.7 Å². The van der Waals surface area contributed by atoms with Crippen molar-refractivity contribution in [1.29, 1.82) is 0 Å². The third-order valence-corrected chi connectivity index (χ3v) is 3.62. The Morgan fingerprint density at radius 1 is 1.22 bits per heavy atom. The predicted octanol–water partition coefficient (Wildman–Crippen LogP) is -0.211. The molecule has 8 heteroatoms. The number of nitrogens with zero attached hydrogens (tertiary/aromatic N) is 5. The Hall–Kier alpha value is -2.32. The van der Waals surface area contributed by atoms with Gasteiger partial charge in [-0.3, -0.25) is 9.69 Å². The van der Waals surface area contributed by atoms with Crippen molar-refractivity contribution in [1.82, 2.24) is 30.4 Å².